The third-order valence-electron chi connectivity index (χ3n) is 4.34. The quantitative estimate of drug-likeness (QED) is 0.149. The number of hydrogen-bond donors (Lipinski definition) is 3. The van der Waals surface area contributed by atoms with Crippen molar-refractivity contribution in [3.63, 3.8) is 0 Å². The van der Waals surface area contributed by atoms with Crippen molar-refractivity contribution in [1.82, 2.24) is 15.4 Å². The molecule has 1 rings (SSSR count). The lowest BCUT2D eigenvalue weighted by atomic mass is 10.0. The fourth-order valence-electron chi connectivity index (χ4n) is 2.75. The molecule has 3 N–H and O–H groups in total. The van der Waals surface area contributed by atoms with Crippen LogP contribution in [0, 0.1) is 5.92 Å². The Labute approximate surface area is 198 Å². The lowest BCUT2D eigenvalue weighted by Gasteiger charge is -2.21. The van der Waals surface area contributed by atoms with Gasteiger partial charge in [-0.25, -0.2) is 13.1 Å². The molecule has 1 aromatic carbocycles. The summed E-state index contributed by atoms with van der Waals surface area (Å²) in [4.78, 5) is 4.45. The summed E-state index contributed by atoms with van der Waals surface area (Å²) < 4.78 is 37.8. The lowest BCUT2D eigenvalue weighted by molar-refractivity contribution is 0.0258. The maximum atomic E-state index is 12.3. The zero-order chi connectivity index (χ0) is 21.7. The van der Waals surface area contributed by atoms with Crippen molar-refractivity contribution in [3.05, 3.63) is 29.8 Å². The van der Waals surface area contributed by atoms with Crippen LogP contribution in [-0.2, 0) is 26.0 Å². The Kier molecular flexibility index (Phi) is 15.3. The molecule has 0 aliphatic rings. The van der Waals surface area contributed by atoms with Crippen LogP contribution in [0.25, 0.3) is 0 Å². The summed E-state index contributed by atoms with van der Waals surface area (Å²) in [5, 5.41) is 6.49. The van der Waals surface area contributed by atoms with Crippen LogP contribution in [0.3, 0.4) is 0 Å². The van der Waals surface area contributed by atoms with Crippen LogP contribution in [0.4, 0.5) is 0 Å². The predicted octanol–water partition coefficient (Wildman–Crippen LogP) is 2.35. The number of guanidine groups is 1. The lowest BCUT2D eigenvalue weighted by Crippen LogP contribution is -2.39. The largest absolute Gasteiger partial charge is 0.383 e. The average molecular weight is 557 g/mol. The fourth-order valence-corrected chi connectivity index (χ4v) is 3.83. The molecular weight excluding hydrogens is 519 g/mol. The van der Waals surface area contributed by atoms with Gasteiger partial charge < -0.3 is 20.1 Å². The van der Waals surface area contributed by atoms with Crippen molar-refractivity contribution in [2.75, 3.05) is 40.5 Å². The third-order valence-corrected chi connectivity index (χ3v) is 5.79. The van der Waals surface area contributed by atoms with Crippen LogP contribution in [0.5, 0.6) is 0 Å². The van der Waals surface area contributed by atoms with Gasteiger partial charge in [0, 0.05) is 40.4 Å². The average Bonchev–Trinajstić information content (AvgIpc) is 2.70. The summed E-state index contributed by atoms with van der Waals surface area (Å²) in [5.74, 6) is 1.12. The molecule has 0 heterocycles. The van der Waals surface area contributed by atoms with E-state index in [1.54, 1.807) is 25.2 Å². The molecule has 30 heavy (non-hydrogen) atoms. The van der Waals surface area contributed by atoms with Gasteiger partial charge in [0.2, 0.25) is 10.0 Å². The number of ether oxygens (including phenoxy) is 2. The van der Waals surface area contributed by atoms with Gasteiger partial charge in [-0.2, -0.15) is 0 Å². The van der Waals surface area contributed by atoms with Crippen LogP contribution in [-0.4, -0.2) is 60.9 Å². The first-order valence-corrected chi connectivity index (χ1v) is 11.5. The predicted molar refractivity (Wildman–Crippen MR) is 132 cm³/mol. The minimum absolute atomic E-state index is 0. The second kappa shape index (κ2) is 15.8. The van der Waals surface area contributed by atoms with Crippen molar-refractivity contribution in [3.8, 4) is 0 Å². The van der Waals surface area contributed by atoms with Gasteiger partial charge in [-0.3, -0.25) is 4.99 Å². The van der Waals surface area contributed by atoms with Crippen LogP contribution in [0.2, 0.25) is 0 Å². The summed E-state index contributed by atoms with van der Waals surface area (Å²) >= 11 is 0. The van der Waals surface area contributed by atoms with E-state index >= 15 is 0 Å². The van der Waals surface area contributed by atoms with E-state index in [9.17, 15) is 8.42 Å². The molecule has 1 unspecified atom stereocenters. The van der Waals surface area contributed by atoms with E-state index in [4.69, 9.17) is 9.47 Å². The van der Waals surface area contributed by atoms with E-state index in [0.717, 1.165) is 18.5 Å². The molecule has 10 heteroatoms. The summed E-state index contributed by atoms with van der Waals surface area (Å²) in [5.41, 5.74) is 0.844. The summed E-state index contributed by atoms with van der Waals surface area (Å²) in [6.45, 7) is 8.76. The first kappa shape index (κ1) is 29.1. The number of benzene rings is 1. The third kappa shape index (κ3) is 10.9. The van der Waals surface area contributed by atoms with Gasteiger partial charge in [0.15, 0.2) is 5.96 Å². The SMILES string of the molecule is CCOC(CCNC(=NC)NCc1cccc(S(=O)(=O)NCCOC)c1)C(C)C.I. The molecule has 1 aromatic rings. The highest BCUT2D eigenvalue weighted by Gasteiger charge is 2.14. The summed E-state index contributed by atoms with van der Waals surface area (Å²) in [6, 6.07) is 6.83. The second-order valence-corrected chi connectivity index (χ2v) is 8.68. The Morgan fingerprint density at radius 2 is 1.93 bits per heavy atom. The van der Waals surface area contributed by atoms with E-state index in [1.807, 2.05) is 13.0 Å². The van der Waals surface area contributed by atoms with Crippen molar-refractivity contribution in [1.29, 1.82) is 0 Å². The Hall–Kier alpha value is -0.950. The van der Waals surface area contributed by atoms with Crippen LogP contribution in [0.1, 0.15) is 32.8 Å². The summed E-state index contributed by atoms with van der Waals surface area (Å²) in [6.07, 6.45) is 1.09. The normalized spacial score (nSPS) is 13.1. The van der Waals surface area contributed by atoms with Gasteiger partial charge in [-0.05, 0) is 37.0 Å². The molecule has 0 aliphatic heterocycles. The zero-order valence-electron chi connectivity index (χ0n) is 18.6. The first-order chi connectivity index (χ1) is 13.8. The Morgan fingerprint density at radius 3 is 2.53 bits per heavy atom. The number of methoxy groups -OCH3 is 1. The molecule has 0 fully saturated rings. The second-order valence-electron chi connectivity index (χ2n) is 6.92. The number of rotatable bonds is 13. The van der Waals surface area contributed by atoms with Crippen LogP contribution in [0.15, 0.2) is 34.2 Å². The molecule has 8 nitrogen and oxygen atoms in total. The van der Waals surface area contributed by atoms with Crippen molar-refractivity contribution in [2.24, 2.45) is 10.9 Å². The highest BCUT2D eigenvalue weighted by atomic mass is 127. The van der Waals surface area contributed by atoms with E-state index in [0.29, 0.717) is 31.6 Å². The minimum Gasteiger partial charge on any atom is -0.383 e. The molecule has 0 spiro atoms. The number of halogens is 1. The zero-order valence-corrected chi connectivity index (χ0v) is 21.8. The number of sulfonamides is 1. The highest BCUT2D eigenvalue weighted by Crippen LogP contribution is 2.12. The molecule has 0 radical (unpaired) electrons. The Bertz CT molecular complexity index is 729. The fraction of sp³-hybridized carbons (Fsp3) is 0.650. The van der Waals surface area contributed by atoms with Gasteiger partial charge in [-0.15, -0.1) is 24.0 Å². The topological polar surface area (TPSA) is 101 Å². The van der Waals surface area contributed by atoms with Crippen molar-refractivity contribution in [2.45, 2.75) is 44.7 Å². The van der Waals surface area contributed by atoms with Gasteiger partial charge in [0.1, 0.15) is 0 Å². The Balaban J connectivity index is 0.00000841. The molecule has 1 atom stereocenters. The number of nitrogens with zero attached hydrogens (tertiary/aromatic N) is 1. The van der Waals surface area contributed by atoms with Gasteiger partial charge in [-0.1, -0.05) is 26.0 Å². The summed E-state index contributed by atoms with van der Waals surface area (Å²) in [7, 11) is -0.318. The van der Waals surface area contributed by atoms with E-state index in [1.165, 1.54) is 7.11 Å². The van der Waals surface area contributed by atoms with E-state index < -0.39 is 10.0 Å². The molecule has 0 amide bonds. The van der Waals surface area contributed by atoms with Gasteiger partial charge >= 0.3 is 0 Å². The Morgan fingerprint density at radius 1 is 1.20 bits per heavy atom. The number of aliphatic imine (C=N–C) groups is 1. The van der Waals surface area contributed by atoms with Gasteiger partial charge in [0.05, 0.1) is 17.6 Å². The number of nitrogens with one attached hydrogen (secondary N) is 3. The molecule has 0 saturated carbocycles. The van der Waals surface area contributed by atoms with Crippen molar-refractivity contribution >= 4 is 40.0 Å². The molecule has 0 aliphatic carbocycles. The van der Waals surface area contributed by atoms with Crippen LogP contribution >= 0.6 is 24.0 Å². The molecular formula is C20H37IN4O4S. The number of hydrogen-bond acceptors (Lipinski definition) is 5. The standard InChI is InChI=1S/C20H36N4O4S.HI/c1-6-28-19(16(2)3)10-11-22-20(21-4)23-15-17-8-7-9-18(14-17)29(25,26)24-12-13-27-5;/h7-9,14,16,19,24H,6,10-13,15H2,1-5H3,(H2,21,22,23);1H. The smallest absolute Gasteiger partial charge is 0.240 e. The van der Waals surface area contributed by atoms with Crippen LogP contribution < -0.4 is 15.4 Å². The van der Waals surface area contributed by atoms with Gasteiger partial charge in [0.25, 0.3) is 0 Å². The molecule has 0 aromatic heterocycles. The molecule has 0 bridgehead atoms. The molecule has 0 saturated heterocycles. The maximum absolute atomic E-state index is 12.3. The van der Waals surface area contributed by atoms with E-state index in [2.05, 4.69) is 34.2 Å². The minimum atomic E-state index is -3.55. The maximum Gasteiger partial charge on any atom is 0.240 e. The first-order valence-electron chi connectivity index (χ1n) is 9.97. The molecule has 174 valence electrons. The van der Waals surface area contributed by atoms with Crippen molar-refractivity contribution < 1.29 is 17.9 Å². The van der Waals surface area contributed by atoms with E-state index in [-0.39, 0.29) is 41.5 Å². The monoisotopic (exact) mass is 556 g/mol. The highest BCUT2D eigenvalue weighted by molar-refractivity contribution is 14.0.